The molecule has 1 aliphatic heterocycles. The van der Waals surface area contributed by atoms with Crippen molar-refractivity contribution < 1.29 is 17.9 Å². The summed E-state index contributed by atoms with van der Waals surface area (Å²) in [4.78, 5) is 12.7. The molecule has 0 bridgehead atoms. The first-order chi connectivity index (χ1) is 13.4. The van der Waals surface area contributed by atoms with Crippen molar-refractivity contribution >= 4 is 48.9 Å². The molecule has 1 aromatic carbocycles. The van der Waals surface area contributed by atoms with Crippen LogP contribution in [0.4, 0.5) is 5.69 Å². The Morgan fingerprint density at radius 3 is 2.93 bits per heavy atom. The molecular weight excluding hydrogens is 464 g/mol. The zero-order valence-corrected chi connectivity index (χ0v) is 18.4. The van der Waals surface area contributed by atoms with Gasteiger partial charge in [0.1, 0.15) is 16.6 Å². The normalized spacial score (nSPS) is 17.8. The van der Waals surface area contributed by atoms with E-state index in [2.05, 4.69) is 27.8 Å². The average Bonchev–Trinajstić information content (AvgIpc) is 3.14. The number of piperidine rings is 1. The van der Waals surface area contributed by atoms with Crippen LogP contribution in [0.15, 0.2) is 57.0 Å². The Balaban J connectivity index is 1.67. The lowest BCUT2D eigenvalue weighted by molar-refractivity contribution is -0.120. The number of halogens is 1. The van der Waals surface area contributed by atoms with Gasteiger partial charge in [0, 0.05) is 24.8 Å². The monoisotopic (exact) mass is 484 g/mol. The van der Waals surface area contributed by atoms with Gasteiger partial charge in [-0.05, 0) is 53.0 Å². The second-order valence-corrected chi connectivity index (χ2v) is 11.0. The van der Waals surface area contributed by atoms with Crippen molar-refractivity contribution in [2.45, 2.75) is 17.1 Å². The molecule has 1 aromatic heterocycles. The second-order valence-electron chi connectivity index (χ2n) is 6.38. The number of ether oxygens (including phenoxy) is 1. The number of carbonyl (C=O) groups excluding carboxylic acids is 1. The van der Waals surface area contributed by atoms with Gasteiger partial charge in [-0.25, -0.2) is 8.42 Å². The van der Waals surface area contributed by atoms with Crippen molar-refractivity contribution in [3.63, 3.8) is 0 Å². The van der Waals surface area contributed by atoms with Gasteiger partial charge in [-0.15, -0.1) is 11.3 Å². The Morgan fingerprint density at radius 2 is 2.21 bits per heavy atom. The van der Waals surface area contributed by atoms with Crippen LogP contribution in [-0.2, 0) is 14.8 Å². The van der Waals surface area contributed by atoms with Crippen molar-refractivity contribution in [3.8, 4) is 5.75 Å². The number of thiophene rings is 1. The van der Waals surface area contributed by atoms with E-state index in [9.17, 15) is 13.2 Å². The van der Waals surface area contributed by atoms with E-state index < -0.39 is 15.9 Å². The molecule has 0 radical (unpaired) electrons. The van der Waals surface area contributed by atoms with Crippen LogP contribution < -0.4 is 10.1 Å². The SMILES string of the molecule is C=CCOc1cccc(NC(=O)C2CCCN(S(=O)(=O)c3ccc(Br)s3)C2)c1. The van der Waals surface area contributed by atoms with Crippen molar-refractivity contribution in [2.24, 2.45) is 5.92 Å². The van der Waals surface area contributed by atoms with E-state index >= 15 is 0 Å². The molecule has 1 atom stereocenters. The highest BCUT2D eigenvalue weighted by Crippen LogP contribution is 2.31. The minimum absolute atomic E-state index is 0.177. The lowest BCUT2D eigenvalue weighted by Crippen LogP contribution is -2.43. The summed E-state index contributed by atoms with van der Waals surface area (Å²) >= 11 is 4.47. The van der Waals surface area contributed by atoms with Crippen molar-refractivity contribution in [1.29, 1.82) is 0 Å². The average molecular weight is 485 g/mol. The van der Waals surface area contributed by atoms with Gasteiger partial charge < -0.3 is 10.1 Å². The summed E-state index contributed by atoms with van der Waals surface area (Å²) in [5.41, 5.74) is 0.619. The van der Waals surface area contributed by atoms with Crippen LogP contribution in [0.2, 0.25) is 0 Å². The van der Waals surface area contributed by atoms with E-state index in [4.69, 9.17) is 4.74 Å². The molecule has 1 aliphatic rings. The predicted octanol–water partition coefficient (Wildman–Crippen LogP) is 4.11. The fourth-order valence-corrected chi connectivity index (χ4v) is 6.69. The van der Waals surface area contributed by atoms with E-state index in [1.165, 1.54) is 15.6 Å². The fraction of sp³-hybridized carbons (Fsp3) is 0.316. The molecule has 0 saturated carbocycles. The number of hydrogen-bond donors (Lipinski definition) is 1. The summed E-state index contributed by atoms with van der Waals surface area (Å²) in [6, 6.07) is 10.4. The Hall–Kier alpha value is -1.68. The number of rotatable bonds is 7. The van der Waals surface area contributed by atoms with Crippen LogP contribution in [0.25, 0.3) is 0 Å². The number of nitrogens with zero attached hydrogens (tertiary/aromatic N) is 1. The first-order valence-corrected chi connectivity index (χ1v) is 11.8. The molecule has 3 rings (SSSR count). The van der Waals surface area contributed by atoms with Crippen molar-refractivity contribution in [3.05, 3.63) is 52.8 Å². The largest absolute Gasteiger partial charge is 0.489 e. The molecule has 1 fully saturated rings. The highest BCUT2D eigenvalue weighted by molar-refractivity contribution is 9.11. The quantitative estimate of drug-likeness (QED) is 0.599. The number of nitrogens with one attached hydrogen (secondary N) is 1. The van der Waals surface area contributed by atoms with Crippen LogP contribution in [0.1, 0.15) is 12.8 Å². The maximum atomic E-state index is 12.8. The minimum Gasteiger partial charge on any atom is -0.489 e. The number of sulfonamides is 1. The molecule has 150 valence electrons. The number of amides is 1. The number of carbonyl (C=O) groups is 1. The summed E-state index contributed by atoms with van der Waals surface area (Å²) in [6.07, 6.45) is 2.94. The van der Waals surface area contributed by atoms with Crippen molar-refractivity contribution in [2.75, 3.05) is 25.0 Å². The first-order valence-electron chi connectivity index (χ1n) is 8.80. The lowest BCUT2D eigenvalue weighted by atomic mass is 9.98. The van der Waals surface area contributed by atoms with Gasteiger partial charge in [-0.1, -0.05) is 18.7 Å². The minimum atomic E-state index is -3.59. The van der Waals surface area contributed by atoms with Gasteiger partial charge in [0.15, 0.2) is 0 Å². The highest BCUT2D eigenvalue weighted by Gasteiger charge is 2.34. The Bertz CT molecular complexity index is 958. The molecule has 1 amide bonds. The van der Waals surface area contributed by atoms with Crippen LogP contribution in [0.3, 0.4) is 0 Å². The Morgan fingerprint density at radius 1 is 1.39 bits per heavy atom. The molecule has 2 aromatic rings. The van der Waals surface area contributed by atoms with Gasteiger partial charge in [0.25, 0.3) is 10.0 Å². The molecule has 9 heteroatoms. The van der Waals surface area contributed by atoms with Gasteiger partial charge in [0.2, 0.25) is 5.91 Å². The van der Waals surface area contributed by atoms with Gasteiger partial charge in [-0.2, -0.15) is 4.31 Å². The summed E-state index contributed by atoms with van der Waals surface area (Å²) < 4.78 is 33.6. The van der Waals surface area contributed by atoms with Crippen LogP contribution in [0, 0.1) is 5.92 Å². The summed E-state index contributed by atoms with van der Waals surface area (Å²) in [7, 11) is -3.59. The third-order valence-electron chi connectivity index (χ3n) is 4.37. The summed E-state index contributed by atoms with van der Waals surface area (Å²) in [6.45, 7) is 4.59. The standard InChI is InChI=1S/C19H21BrN2O4S2/c1-2-11-26-16-7-3-6-15(12-16)21-19(23)14-5-4-10-22(13-14)28(24,25)18-9-8-17(20)27-18/h2-3,6-9,12,14H,1,4-5,10-11,13H2,(H,21,23). The van der Waals surface area contributed by atoms with Gasteiger partial charge >= 0.3 is 0 Å². The second kappa shape index (κ2) is 9.21. The Kier molecular flexibility index (Phi) is 6.92. The first kappa shape index (κ1) is 21.0. The fourth-order valence-electron chi connectivity index (χ4n) is 3.00. The van der Waals surface area contributed by atoms with E-state index in [1.54, 1.807) is 42.5 Å². The third kappa shape index (κ3) is 5.02. The molecule has 0 spiro atoms. The lowest BCUT2D eigenvalue weighted by Gasteiger charge is -2.30. The molecule has 1 unspecified atom stereocenters. The summed E-state index contributed by atoms with van der Waals surface area (Å²) in [5, 5.41) is 2.87. The smallest absolute Gasteiger partial charge is 0.252 e. The molecule has 1 saturated heterocycles. The van der Waals surface area contributed by atoms with Crippen LogP contribution in [0.5, 0.6) is 5.75 Å². The number of anilines is 1. The van der Waals surface area contributed by atoms with Crippen LogP contribution in [-0.4, -0.2) is 38.3 Å². The van der Waals surface area contributed by atoms with Crippen LogP contribution >= 0.6 is 27.3 Å². The van der Waals surface area contributed by atoms with Gasteiger partial charge in [-0.3, -0.25) is 4.79 Å². The zero-order valence-electron chi connectivity index (χ0n) is 15.1. The third-order valence-corrected chi connectivity index (χ3v) is 8.32. The molecule has 6 nitrogen and oxygen atoms in total. The predicted molar refractivity (Wildman–Crippen MR) is 114 cm³/mol. The molecular formula is C19H21BrN2O4S2. The number of benzene rings is 1. The van der Waals surface area contributed by atoms with Crippen molar-refractivity contribution in [1.82, 2.24) is 4.31 Å². The number of hydrogen-bond acceptors (Lipinski definition) is 5. The molecule has 1 N–H and O–H groups in total. The summed E-state index contributed by atoms with van der Waals surface area (Å²) in [5.74, 6) is 0.0478. The Labute approximate surface area is 177 Å². The zero-order chi connectivity index (χ0) is 20.1. The van der Waals surface area contributed by atoms with E-state index in [-0.39, 0.29) is 16.7 Å². The van der Waals surface area contributed by atoms with E-state index in [1.807, 2.05) is 0 Å². The maximum absolute atomic E-state index is 12.8. The highest BCUT2D eigenvalue weighted by atomic mass is 79.9. The maximum Gasteiger partial charge on any atom is 0.252 e. The molecule has 0 aliphatic carbocycles. The topological polar surface area (TPSA) is 75.7 Å². The molecule has 28 heavy (non-hydrogen) atoms. The van der Waals surface area contributed by atoms with E-state index in [0.29, 0.717) is 37.4 Å². The van der Waals surface area contributed by atoms with Gasteiger partial charge in [0.05, 0.1) is 9.70 Å². The van der Waals surface area contributed by atoms with E-state index in [0.717, 1.165) is 3.79 Å². The molecule has 2 heterocycles.